The molecular weight excluding hydrogens is 454 g/mol. The van der Waals surface area contributed by atoms with Crippen LogP contribution in [0.2, 0.25) is 0 Å². The SMILES string of the molecule is CCc1cccc2c(/C=C3\SC(=S)N(CCOC)C3=O)cn(CC(=O)N3CCCC[C@H]3C)c12. The highest BCUT2D eigenvalue weighted by Crippen LogP contribution is 2.35. The topological polar surface area (TPSA) is 54.8 Å². The van der Waals surface area contributed by atoms with E-state index in [1.807, 2.05) is 23.2 Å². The van der Waals surface area contributed by atoms with Crippen molar-refractivity contribution in [3.8, 4) is 0 Å². The molecule has 2 fully saturated rings. The van der Waals surface area contributed by atoms with Crippen molar-refractivity contribution in [2.75, 3.05) is 26.8 Å². The largest absolute Gasteiger partial charge is 0.383 e. The van der Waals surface area contributed by atoms with E-state index in [0.29, 0.717) is 28.9 Å². The van der Waals surface area contributed by atoms with Gasteiger partial charge in [0.25, 0.3) is 5.91 Å². The van der Waals surface area contributed by atoms with Crippen molar-refractivity contribution in [2.24, 2.45) is 0 Å². The second-order valence-corrected chi connectivity index (χ2v) is 10.3. The molecule has 0 unspecified atom stereocenters. The highest BCUT2D eigenvalue weighted by molar-refractivity contribution is 8.26. The first-order chi connectivity index (χ1) is 15.9. The van der Waals surface area contributed by atoms with Crippen LogP contribution in [0.15, 0.2) is 29.3 Å². The zero-order valence-corrected chi connectivity index (χ0v) is 21.1. The van der Waals surface area contributed by atoms with Crippen LogP contribution in [0, 0.1) is 0 Å². The molecule has 1 atom stereocenters. The number of hydrogen-bond acceptors (Lipinski definition) is 5. The Kier molecular flexibility index (Phi) is 7.56. The van der Waals surface area contributed by atoms with Crippen molar-refractivity contribution in [1.29, 1.82) is 0 Å². The predicted octanol–water partition coefficient (Wildman–Crippen LogP) is 4.45. The minimum Gasteiger partial charge on any atom is -0.383 e. The molecule has 0 aliphatic carbocycles. The lowest BCUT2D eigenvalue weighted by Crippen LogP contribution is -2.43. The van der Waals surface area contributed by atoms with Crippen molar-refractivity contribution < 1.29 is 14.3 Å². The molecule has 2 aliphatic rings. The lowest BCUT2D eigenvalue weighted by molar-refractivity contribution is -0.135. The van der Waals surface area contributed by atoms with Gasteiger partial charge in [0.15, 0.2) is 0 Å². The fourth-order valence-electron chi connectivity index (χ4n) is 4.71. The number of benzene rings is 1. The summed E-state index contributed by atoms with van der Waals surface area (Å²) in [6, 6.07) is 6.50. The number of piperidine rings is 1. The molecule has 0 radical (unpaired) electrons. The van der Waals surface area contributed by atoms with Gasteiger partial charge in [0.1, 0.15) is 10.9 Å². The maximum absolute atomic E-state index is 13.2. The molecule has 2 aromatic rings. The Hall–Kier alpha value is -2.16. The van der Waals surface area contributed by atoms with Gasteiger partial charge in [-0.25, -0.2) is 0 Å². The van der Waals surface area contributed by atoms with Crippen LogP contribution in [0.3, 0.4) is 0 Å². The molecule has 2 amide bonds. The molecule has 1 aromatic heterocycles. The Bertz CT molecular complexity index is 1110. The highest BCUT2D eigenvalue weighted by atomic mass is 32.2. The number of nitrogens with zero attached hydrogens (tertiary/aromatic N) is 3. The third-order valence-corrected chi connectivity index (χ3v) is 7.88. The number of fused-ring (bicyclic) bond motifs is 1. The summed E-state index contributed by atoms with van der Waals surface area (Å²) in [5, 5.41) is 1.05. The van der Waals surface area contributed by atoms with Crippen molar-refractivity contribution in [3.63, 3.8) is 0 Å². The molecule has 1 aromatic carbocycles. The number of likely N-dealkylation sites (tertiary alicyclic amines) is 1. The Labute approximate surface area is 204 Å². The molecule has 8 heteroatoms. The summed E-state index contributed by atoms with van der Waals surface area (Å²) in [5.74, 6) is 0.0651. The Morgan fingerprint density at radius 1 is 1.33 bits per heavy atom. The van der Waals surface area contributed by atoms with E-state index in [1.54, 1.807) is 12.0 Å². The van der Waals surface area contributed by atoms with Gasteiger partial charge >= 0.3 is 0 Å². The first kappa shape index (κ1) is 24.0. The quantitative estimate of drug-likeness (QED) is 0.428. The molecule has 176 valence electrons. The molecule has 0 spiro atoms. The number of thiocarbonyl (C=S) groups is 1. The Morgan fingerprint density at radius 3 is 2.88 bits per heavy atom. The second kappa shape index (κ2) is 10.4. The van der Waals surface area contributed by atoms with E-state index in [4.69, 9.17) is 17.0 Å². The normalized spacial score (nSPS) is 20.5. The summed E-state index contributed by atoms with van der Waals surface area (Å²) in [6.45, 7) is 6.29. The van der Waals surface area contributed by atoms with Gasteiger partial charge in [-0.15, -0.1) is 0 Å². The zero-order valence-electron chi connectivity index (χ0n) is 19.5. The minimum absolute atomic E-state index is 0.0900. The molecule has 33 heavy (non-hydrogen) atoms. The summed E-state index contributed by atoms with van der Waals surface area (Å²) in [6.07, 6.45) is 8.11. The van der Waals surface area contributed by atoms with Crippen molar-refractivity contribution in [3.05, 3.63) is 40.4 Å². The molecule has 0 saturated carbocycles. The molecular formula is C25H31N3O3S2. The van der Waals surface area contributed by atoms with Crippen LogP contribution in [-0.4, -0.2) is 63.3 Å². The van der Waals surface area contributed by atoms with E-state index in [1.165, 1.54) is 23.7 Å². The van der Waals surface area contributed by atoms with Gasteiger partial charge < -0.3 is 14.2 Å². The second-order valence-electron chi connectivity index (χ2n) is 8.64. The number of hydrogen-bond donors (Lipinski definition) is 0. The first-order valence-corrected chi connectivity index (χ1v) is 12.8. The third kappa shape index (κ3) is 4.88. The number of carbonyl (C=O) groups is 2. The van der Waals surface area contributed by atoms with Crippen LogP contribution in [0.25, 0.3) is 17.0 Å². The highest BCUT2D eigenvalue weighted by Gasteiger charge is 2.32. The smallest absolute Gasteiger partial charge is 0.266 e. The molecule has 0 N–H and O–H groups in total. The number of aryl methyl sites for hydroxylation is 1. The van der Waals surface area contributed by atoms with Crippen LogP contribution in [0.4, 0.5) is 0 Å². The molecule has 6 nitrogen and oxygen atoms in total. The number of carbonyl (C=O) groups excluding carboxylic acids is 2. The van der Waals surface area contributed by atoms with Crippen LogP contribution in [0.1, 0.15) is 44.2 Å². The fourth-order valence-corrected chi connectivity index (χ4v) is 6.01. The van der Waals surface area contributed by atoms with Crippen molar-refractivity contribution in [1.82, 2.24) is 14.4 Å². The summed E-state index contributed by atoms with van der Waals surface area (Å²) < 4.78 is 7.73. The van der Waals surface area contributed by atoms with Gasteiger partial charge in [-0.3, -0.25) is 14.5 Å². The predicted molar refractivity (Wildman–Crippen MR) is 138 cm³/mol. The van der Waals surface area contributed by atoms with Crippen molar-refractivity contribution in [2.45, 2.75) is 52.1 Å². The standard InChI is InChI=1S/C25H31N3O3S2/c1-4-18-9-7-10-20-19(14-21-24(30)28(12-13-31-3)25(32)33-21)15-26(23(18)20)16-22(29)27-11-6-5-8-17(27)2/h7,9-10,14-15,17H,4-6,8,11-13,16H2,1-3H3/b21-14-/t17-/m1/s1. The number of rotatable bonds is 7. The molecule has 4 rings (SSSR count). The molecule has 3 heterocycles. The fraction of sp³-hybridized carbons (Fsp3) is 0.480. The summed E-state index contributed by atoms with van der Waals surface area (Å²) in [5.41, 5.74) is 3.20. The lowest BCUT2D eigenvalue weighted by atomic mass is 10.0. The number of thioether (sulfide) groups is 1. The number of ether oxygens (including phenoxy) is 1. The van der Waals surface area contributed by atoms with Gasteiger partial charge in [0.05, 0.1) is 23.6 Å². The van der Waals surface area contributed by atoms with Gasteiger partial charge in [0, 0.05) is 36.8 Å². The summed E-state index contributed by atoms with van der Waals surface area (Å²) >= 11 is 6.74. The van der Waals surface area contributed by atoms with Gasteiger partial charge in [-0.1, -0.05) is 49.1 Å². The van der Waals surface area contributed by atoms with E-state index >= 15 is 0 Å². The van der Waals surface area contributed by atoms with E-state index < -0.39 is 0 Å². The lowest BCUT2D eigenvalue weighted by Gasteiger charge is -2.33. The van der Waals surface area contributed by atoms with Crippen molar-refractivity contribution >= 4 is 57.1 Å². The first-order valence-electron chi connectivity index (χ1n) is 11.6. The Balaban J connectivity index is 1.69. The summed E-state index contributed by atoms with van der Waals surface area (Å²) in [4.78, 5) is 30.4. The number of aromatic nitrogens is 1. The van der Waals surface area contributed by atoms with E-state index in [2.05, 4.69) is 30.5 Å². The minimum atomic E-state index is -0.0900. The van der Waals surface area contributed by atoms with Crippen LogP contribution in [0.5, 0.6) is 0 Å². The Morgan fingerprint density at radius 2 is 2.15 bits per heavy atom. The van der Waals surface area contributed by atoms with Crippen LogP contribution in [-0.2, 0) is 27.3 Å². The monoisotopic (exact) mass is 485 g/mol. The molecule has 2 aliphatic heterocycles. The van der Waals surface area contributed by atoms with Gasteiger partial charge in [-0.2, -0.15) is 0 Å². The maximum atomic E-state index is 13.2. The van der Waals surface area contributed by atoms with Crippen LogP contribution >= 0.6 is 24.0 Å². The van der Waals surface area contributed by atoms with E-state index in [-0.39, 0.29) is 17.9 Å². The molecule has 0 bridgehead atoms. The summed E-state index contributed by atoms with van der Waals surface area (Å²) in [7, 11) is 1.61. The average molecular weight is 486 g/mol. The van der Waals surface area contributed by atoms with E-state index in [0.717, 1.165) is 42.3 Å². The number of methoxy groups -OCH3 is 1. The van der Waals surface area contributed by atoms with Crippen LogP contribution < -0.4 is 0 Å². The molecule has 2 saturated heterocycles. The number of para-hydroxylation sites is 1. The third-order valence-electron chi connectivity index (χ3n) is 6.50. The number of amides is 2. The van der Waals surface area contributed by atoms with Gasteiger partial charge in [-0.05, 0) is 44.2 Å². The zero-order chi connectivity index (χ0) is 23.5. The van der Waals surface area contributed by atoms with Gasteiger partial charge in [0.2, 0.25) is 5.91 Å². The van der Waals surface area contributed by atoms with E-state index in [9.17, 15) is 9.59 Å². The maximum Gasteiger partial charge on any atom is 0.266 e. The average Bonchev–Trinajstić information content (AvgIpc) is 3.29.